The fourth-order valence-electron chi connectivity index (χ4n) is 1.00. The summed E-state index contributed by atoms with van der Waals surface area (Å²) in [6.07, 6.45) is 0. The smallest absolute Gasteiger partial charge is 0.341 e. The molecule has 5 nitrogen and oxygen atoms in total. The molecule has 0 spiro atoms. The van der Waals surface area contributed by atoms with E-state index < -0.39 is 11.8 Å². The number of hydrogen-bond donors (Lipinski definition) is 2. The average Bonchev–Trinajstić information content (AvgIpc) is 2.18. The van der Waals surface area contributed by atoms with Gasteiger partial charge in [-0.25, -0.2) is 9.18 Å². The molecule has 0 radical (unpaired) electrons. The maximum atomic E-state index is 13.1. The minimum Gasteiger partial charge on any atom is -0.462 e. The van der Waals surface area contributed by atoms with Crippen LogP contribution < -0.4 is 5.23 Å². The Hall–Kier alpha value is -1.66. The van der Waals surface area contributed by atoms with Crippen LogP contribution in [0, 0.1) is 5.82 Å². The second kappa shape index (κ2) is 4.72. The van der Waals surface area contributed by atoms with Crippen LogP contribution in [0.25, 0.3) is 0 Å². The number of nitrogens with zero attached hydrogens (tertiary/aromatic N) is 1. The van der Waals surface area contributed by atoms with E-state index in [9.17, 15) is 9.18 Å². The van der Waals surface area contributed by atoms with Gasteiger partial charge in [-0.1, -0.05) is 0 Å². The number of carbonyl (C=O) groups excluding carboxylic acids is 1. The van der Waals surface area contributed by atoms with Gasteiger partial charge in [0.2, 0.25) is 0 Å². The van der Waals surface area contributed by atoms with Crippen molar-refractivity contribution in [1.82, 2.24) is 0 Å². The summed E-state index contributed by atoms with van der Waals surface area (Å²) in [6, 6.07) is 3.03. The van der Waals surface area contributed by atoms with Gasteiger partial charge in [0.1, 0.15) is 5.82 Å². The Kier molecular flexibility index (Phi) is 3.59. The topological polar surface area (TPSA) is 70.0 Å². The summed E-state index contributed by atoms with van der Waals surface area (Å²) >= 11 is 0. The molecule has 0 aromatic heterocycles. The third kappa shape index (κ3) is 2.64. The van der Waals surface area contributed by atoms with Crippen molar-refractivity contribution in [3.63, 3.8) is 0 Å². The predicted octanol–water partition coefficient (Wildman–Crippen LogP) is 1.59. The summed E-state index contributed by atoms with van der Waals surface area (Å²) in [7, 11) is 0. The molecule has 0 unspecified atom stereocenters. The molecule has 0 saturated heterocycles. The highest BCUT2D eigenvalue weighted by Gasteiger charge is 2.14. The molecule has 0 atom stereocenters. The molecule has 1 aromatic rings. The summed E-state index contributed by atoms with van der Waals surface area (Å²) < 4.78 is 17.7. The van der Waals surface area contributed by atoms with E-state index in [1.54, 1.807) is 6.92 Å². The second-order valence-corrected chi connectivity index (χ2v) is 2.67. The molecule has 0 heterocycles. The Morgan fingerprint density at radius 1 is 1.53 bits per heavy atom. The van der Waals surface area contributed by atoms with Crippen LogP contribution in [0.5, 0.6) is 0 Å². The Labute approximate surface area is 85.2 Å². The average molecular weight is 215 g/mol. The Morgan fingerprint density at radius 3 is 2.73 bits per heavy atom. The van der Waals surface area contributed by atoms with Crippen molar-refractivity contribution in [3.8, 4) is 0 Å². The zero-order valence-electron chi connectivity index (χ0n) is 7.98. The molecule has 0 aliphatic heterocycles. The van der Waals surface area contributed by atoms with Crippen molar-refractivity contribution in [2.45, 2.75) is 6.92 Å². The lowest BCUT2D eigenvalue weighted by Gasteiger charge is -2.09. The van der Waals surface area contributed by atoms with Gasteiger partial charge in [-0.15, -0.1) is 5.23 Å². The van der Waals surface area contributed by atoms with Gasteiger partial charge in [-0.2, -0.15) is 0 Å². The maximum Gasteiger partial charge on any atom is 0.341 e. The van der Waals surface area contributed by atoms with Gasteiger partial charge < -0.3 is 4.74 Å². The van der Waals surface area contributed by atoms with Crippen LogP contribution >= 0.6 is 0 Å². The normalized spacial score (nSPS) is 9.87. The monoisotopic (exact) mass is 215 g/mol. The third-order valence-electron chi connectivity index (χ3n) is 1.68. The largest absolute Gasteiger partial charge is 0.462 e. The first kappa shape index (κ1) is 11.4. The minimum atomic E-state index is -0.848. The van der Waals surface area contributed by atoms with Crippen LogP contribution in [0.3, 0.4) is 0 Å². The highest BCUT2D eigenvalue weighted by atomic mass is 19.1. The van der Waals surface area contributed by atoms with Crippen molar-refractivity contribution in [1.29, 1.82) is 0 Å². The summed E-state index contributed by atoms with van der Waals surface area (Å²) in [6.45, 7) is 1.70. The second-order valence-electron chi connectivity index (χ2n) is 2.67. The van der Waals surface area contributed by atoms with E-state index in [2.05, 4.69) is 4.74 Å². The molecule has 1 aromatic carbocycles. The maximum absolute atomic E-state index is 13.1. The molecule has 82 valence electrons. The quantitative estimate of drug-likeness (QED) is 0.591. The lowest BCUT2D eigenvalue weighted by molar-refractivity contribution is 0.0290. The first-order valence-corrected chi connectivity index (χ1v) is 4.20. The molecular formula is C9H10FNO4. The van der Waals surface area contributed by atoms with Gasteiger partial charge in [-0.3, -0.25) is 10.4 Å². The SMILES string of the molecule is CCOC(=O)c1cc(N(O)O)ccc1F. The van der Waals surface area contributed by atoms with Gasteiger partial charge in [-0.05, 0) is 25.1 Å². The molecule has 0 aliphatic rings. The predicted molar refractivity (Wildman–Crippen MR) is 48.4 cm³/mol. The van der Waals surface area contributed by atoms with Crippen LogP contribution in [0.15, 0.2) is 18.2 Å². The van der Waals surface area contributed by atoms with Gasteiger partial charge in [0.05, 0.1) is 17.9 Å². The summed E-state index contributed by atoms with van der Waals surface area (Å²) in [5.74, 6) is -1.63. The standard InChI is InChI=1S/C9H10FNO4/c1-2-15-9(12)7-5-6(11(13)14)3-4-8(7)10/h3-5,13-14H,2H2,1H3. The molecule has 6 heteroatoms. The van der Waals surface area contributed by atoms with Crippen LogP contribution in [0.1, 0.15) is 17.3 Å². The summed E-state index contributed by atoms with van der Waals surface area (Å²) in [4.78, 5) is 11.2. The number of esters is 1. The van der Waals surface area contributed by atoms with Crippen molar-refractivity contribution in [2.24, 2.45) is 0 Å². The Balaban J connectivity index is 3.05. The van der Waals surface area contributed by atoms with Gasteiger partial charge in [0, 0.05) is 0 Å². The molecule has 15 heavy (non-hydrogen) atoms. The van der Waals surface area contributed by atoms with Gasteiger partial charge in [0.15, 0.2) is 0 Å². The number of carbonyl (C=O) groups is 1. The first-order valence-electron chi connectivity index (χ1n) is 4.20. The molecule has 1 rings (SSSR count). The highest BCUT2D eigenvalue weighted by molar-refractivity contribution is 5.90. The van der Waals surface area contributed by atoms with Gasteiger partial charge >= 0.3 is 5.97 Å². The van der Waals surface area contributed by atoms with E-state index >= 15 is 0 Å². The summed E-state index contributed by atoms with van der Waals surface area (Å²) in [5, 5.41) is 17.1. The zero-order chi connectivity index (χ0) is 11.4. The molecule has 0 saturated carbocycles. The van der Waals surface area contributed by atoms with E-state index in [4.69, 9.17) is 10.4 Å². The lowest BCUT2D eigenvalue weighted by atomic mass is 10.2. The summed E-state index contributed by atoms with van der Waals surface area (Å²) in [5.41, 5.74) is -0.470. The number of halogens is 1. The fourth-order valence-corrected chi connectivity index (χ4v) is 1.00. The number of benzene rings is 1. The molecule has 0 amide bonds. The molecule has 0 bridgehead atoms. The highest BCUT2D eigenvalue weighted by Crippen LogP contribution is 2.17. The van der Waals surface area contributed by atoms with Crippen LogP contribution in [0.4, 0.5) is 10.1 Å². The van der Waals surface area contributed by atoms with E-state index in [-0.39, 0.29) is 23.1 Å². The third-order valence-corrected chi connectivity index (χ3v) is 1.68. The van der Waals surface area contributed by atoms with Crippen LogP contribution in [-0.4, -0.2) is 23.0 Å². The molecule has 0 aliphatic carbocycles. The number of hydrogen-bond acceptors (Lipinski definition) is 5. The van der Waals surface area contributed by atoms with Crippen molar-refractivity contribution < 1.29 is 24.3 Å². The Morgan fingerprint density at radius 2 is 2.20 bits per heavy atom. The van der Waals surface area contributed by atoms with E-state index in [1.165, 1.54) is 0 Å². The Bertz CT molecular complexity index is 367. The molecule has 2 N–H and O–H groups in total. The first-order chi connectivity index (χ1) is 7.06. The zero-order valence-corrected chi connectivity index (χ0v) is 7.98. The van der Waals surface area contributed by atoms with E-state index in [0.29, 0.717) is 0 Å². The van der Waals surface area contributed by atoms with E-state index in [0.717, 1.165) is 18.2 Å². The van der Waals surface area contributed by atoms with Crippen molar-refractivity contribution >= 4 is 11.7 Å². The van der Waals surface area contributed by atoms with Crippen LogP contribution in [-0.2, 0) is 4.74 Å². The fraction of sp³-hybridized carbons (Fsp3) is 0.222. The van der Waals surface area contributed by atoms with E-state index in [1.807, 2.05) is 0 Å². The van der Waals surface area contributed by atoms with Crippen LogP contribution in [0.2, 0.25) is 0 Å². The van der Waals surface area contributed by atoms with Crippen molar-refractivity contribution in [2.75, 3.05) is 11.8 Å². The molecule has 0 fully saturated rings. The number of anilines is 1. The minimum absolute atomic E-state index is 0.116. The number of ether oxygens (including phenoxy) is 1. The van der Waals surface area contributed by atoms with Crippen molar-refractivity contribution in [3.05, 3.63) is 29.6 Å². The lowest BCUT2D eigenvalue weighted by Crippen LogP contribution is -2.13. The number of rotatable bonds is 3. The van der Waals surface area contributed by atoms with Gasteiger partial charge in [0.25, 0.3) is 0 Å². The molecular weight excluding hydrogens is 205 g/mol.